The number of benzene rings is 2. The summed E-state index contributed by atoms with van der Waals surface area (Å²) in [7, 11) is 3.86. The van der Waals surface area contributed by atoms with Crippen molar-refractivity contribution in [2.75, 3.05) is 19.0 Å². The molecule has 0 amide bonds. The molecular formula is C17H15ClF3N3S. The van der Waals surface area contributed by atoms with E-state index in [-0.39, 0.29) is 0 Å². The molecule has 25 heavy (non-hydrogen) atoms. The van der Waals surface area contributed by atoms with Gasteiger partial charge in [0.15, 0.2) is 5.16 Å². The third-order valence-corrected chi connectivity index (χ3v) is 4.97. The number of nitrogens with zero attached hydrogens (tertiary/aromatic N) is 2. The molecule has 1 heterocycles. The van der Waals surface area contributed by atoms with E-state index in [1.54, 1.807) is 0 Å². The number of aromatic nitrogens is 2. The number of alkyl halides is 3. The highest BCUT2D eigenvalue weighted by Crippen LogP contribution is 2.34. The Labute approximate surface area is 152 Å². The predicted octanol–water partition coefficient (Wildman–Crippen LogP) is 5.59. The lowest BCUT2D eigenvalue weighted by molar-refractivity contribution is -0.137. The van der Waals surface area contributed by atoms with E-state index < -0.39 is 11.7 Å². The lowest BCUT2D eigenvalue weighted by Gasteiger charge is -2.18. The summed E-state index contributed by atoms with van der Waals surface area (Å²) in [6, 6.07) is 9.16. The topological polar surface area (TPSA) is 31.9 Å². The first kappa shape index (κ1) is 17.9. The summed E-state index contributed by atoms with van der Waals surface area (Å²) in [6.07, 6.45) is -4.37. The molecule has 0 radical (unpaired) electrons. The average molecular weight is 386 g/mol. The van der Waals surface area contributed by atoms with Gasteiger partial charge in [0.2, 0.25) is 0 Å². The Hall–Kier alpha value is -1.86. The number of thioether (sulfide) groups is 1. The largest absolute Gasteiger partial charge is 0.416 e. The van der Waals surface area contributed by atoms with Gasteiger partial charge >= 0.3 is 6.18 Å². The summed E-state index contributed by atoms with van der Waals surface area (Å²) in [6.45, 7) is 0. The SMILES string of the molecule is CN(C)c1cccc(Cl)c1CSc1nc2ccc(C(F)(F)F)cc2[nH]1. The van der Waals surface area contributed by atoms with E-state index in [9.17, 15) is 13.2 Å². The molecule has 3 aromatic rings. The van der Waals surface area contributed by atoms with Crippen molar-refractivity contribution in [1.82, 2.24) is 9.97 Å². The highest BCUT2D eigenvalue weighted by Gasteiger charge is 2.30. The van der Waals surface area contributed by atoms with Gasteiger partial charge in [-0.25, -0.2) is 4.98 Å². The summed E-state index contributed by atoms with van der Waals surface area (Å²) in [5.41, 5.74) is 2.12. The first-order valence-electron chi connectivity index (χ1n) is 7.40. The third-order valence-electron chi connectivity index (χ3n) is 3.72. The molecule has 0 fully saturated rings. The fourth-order valence-corrected chi connectivity index (χ4v) is 3.73. The molecule has 2 aromatic carbocycles. The van der Waals surface area contributed by atoms with Crippen LogP contribution >= 0.6 is 23.4 Å². The molecule has 0 saturated heterocycles. The molecule has 3 rings (SSSR count). The van der Waals surface area contributed by atoms with E-state index in [0.717, 1.165) is 23.4 Å². The van der Waals surface area contributed by atoms with Crippen LogP contribution in [0.25, 0.3) is 11.0 Å². The van der Waals surface area contributed by atoms with Crippen molar-refractivity contribution in [3.05, 3.63) is 52.5 Å². The number of halogens is 4. The molecule has 0 unspecified atom stereocenters. The number of rotatable bonds is 4. The van der Waals surface area contributed by atoms with Crippen LogP contribution in [0.5, 0.6) is 0 Å². The molecule has 1 N–H and O–H groups in total. The molecule has 0 aliphatic carbocycles. The number of fused-ring (bicyclic) bond motifs is 1. The average Bonchev–Trinajstić information content (AvgIpc) is 2.94. The Morgan fingerprint density at radius 3 is 2.64 bits per heavy atom. The lowest BCUT2D eigenvalue weighted by atomic mass is 10.2. The van der Waals surface area contributed by atoms with E-state index in [1.807, 2.05) is 37.2 Å². The molecule has 0 spiro atoms. The number of H-pyrrole nitrogens is 1. The van der Waals surface area contributed by atoms with Crippen molar-refractivity contribution in [2.45, 2.75) is 17.1 Å². The maximum Gasteiger partial charge on any atom is 0.416 e. The van der Waals surface area contributed by atoms with Crippen LogP contribution < -0.4 is 4.90 Å². The standard InChI is InChI=1S/C17H15ClF3N3S/c1-24(2)15-5-3-4-12(18)11(15)9-25-16-22-13-7-6-10(17(19,20)21)8-14(13)23-16/h3-8H,9H2,1-2H3,(H,22,23). The number of nitrogens with one attached hydrogen (secondary N) is 1. The Bertz CT molecular complexity index is 906. The molecule has 0 aliphatic rings. The minimum absolute atomic E-state index is 0.365. The van der Waals surface area contributed by atoms with Crippen LogP contribution in [0.2, 0.25) is 5.02 Å². The second-order valence-electron chi connectivity index (χ2n) is 5.69. The number of hydrogen-bond donors (Lipinski definition) is 1. The first-order chi connectivity index (χ1) is 11.8. The molecule has 0 bridgehead atoms. The molecule has 8 heteroatoms. The van der Waals surface area contributed by atoms with Gasteiger partial charge in [-0.05, 0) is 30.3 Å². The monoisotopic (exact) mass is 385 g/mol. The van der Waals surface area contributed by atoms with Crippen molar-refractivity contribution < 1.29 is 13.2 Å². The van der Waals surface area contributed by atoms with Crippen molar-refractivity contribution in [2.24, 2.45) is 0 Å². The molecule has 0 atom stereocenters. The van der Waals surface area contributed by atoms with Gasteiger partial charge in [0.05, 0.1) is 16.6 Å². The molecule has 0 saturated carbocycles. The van der Waals surface area contributed by atoms with E-state index in [4.69, 9.17) is 11.6 Å². The number of anilines is 1. The minimum atomic E-state index is -4.37. The summed E-state index contributed by atoms with van der Waals surface area (Å²) < 4.78 is 38.4. The molecule has 132 valence electrons. The van der Waals surface area contributed by atoms with Gasteiger partial charge in [-0.15, -0.1) is 0 Å². The van der Waals surface area contributed by atoms with E-state index in [2.05, 4.69) is 9.97 Å². The van der Waals surface area contributed by atoms with Crippen LogP contribution in [0, 0.1) is 0 Å². The summed E-state index contributed by atoms with van der Waals surface area (Å²) >= 11 is 7.69. The fraction of sp³-hybridized carbons (Fsp3) is 0.235. The van der Waals surface area contributed by atoms with Crippen molar-refractivity contribution >= 4 is 40.1 Å². The van der Waals surface area contributed by atoms with Crippen LogP contribution in [0.4, 0.5) is 18.9 Å². The normalized spacial score (nSPS) is 11.9. The molecule has 0 aliphatic heterocycles. The van der Waals surface area contributed by atoms with Gasteiger partial charge in [-0.2, -0.15) is 13.2 Å². The third kappa shape index (κ3) is 3.88. The number of aromatic amines is 1. The first-order valence-corrected chi connectivity index (χ1v) is 8.76. The van der Waals surface area contributed by atoms with Crippen LogP contribution in [0.3, 0.4) is 0 Å². The van der Waals surface area contributed by atoms with Crippen LogP contribution in [-0.2, 0) is 11.9 Å². The van der Waals surface area contributed by atoms with Crippen LogP contribution in [0.15, 0.2) is 41.6 Å². The zero-order valence-corrected chi connectivity index (χ0v) is 15.1. The van der Waals surface area contributed by atoms with Gasteiger partial charge in [0.25, 0.3) is 0 Å². The van der Waals surface area contributed by atoms with Gasteiger partial charge in [0.1, 0.15) is 0 Å². The van der Waals surface area contributed by atoms with E-state index in [0.29, 0.717) is 27.0 Å². The zero-order valence-electron chi connectivity index (χ0n) is 13.5. The van der Waals surface area contributed by atoms with Crippen molar-refractivity contribution in [3.63, 3.8) is 0 Å². The Kier molecular flexibility index (Phi) is 4.88. The predicted molar refractivity (Wildman–Crippen MR) is 96.4 cm³/mol. The van der Waals surface area contributed by atoms with Gasteiger partial charge in [0, 0.05) is 36.1 Å². The Morgan fingerprint density at radius 1 is 1.20 bits per heavy atom. The summed E-state index contributed by atoms with van der Waals surface area (Å²) in [4.78, 5) is 9.25. The van der Waals surface area contributed by atoms with E-state index in [1.165, 1.54) is 17.8 Å². The van der Waals surface area contributed by atoms with E-state index >= 15 is 0 Å². The smallest absolute Gasteiger partial charge is 0.377 e. The highest BCUT2D eigenvalue weighted by molar-refractivity contribution is 7.98. The van der Waals surface area contributed by atoms with Crippen LogP contribution in [0.1, 0.15) is 11.1 Å². The fourth-order valence-electron chi connectivity index (χ4n) is 2.48. The molecule has 1 aromatic heterocycles. The van der Waals surface area contributed by atoms with Gasteiger partial charge in [-0.3, -0.25) is 0 Å². The second-order valence-corrected chi connectivity index (χ2v) is 7.06. The summed E-state index contributed by atoms with van der Waals surface area (Å²) in [5, 5.41) is 1.20. The second kappa shape index (κ2) is 6.80. The van der Waals surface area contributed by atoms with Crippen molar-refractivity contribution in [1.29, 1.82) is 0 Å². The highest BCUT2D eigenvalue weighted by atomic mass is 35.5. The molecular weight excluding hydrogens is 371 g/mol. The number of imidazole rings is 1. The Balaban J connectivity index is 1.85. The number of hydrogen-bond acceptors (Lipinski definition) is 3. The summed E-state index contributed by atoms with van der Waals surface area (Å²) in [5.74, 6) is 0.555. The minimum Gasteiger partial charge on any atom is -0.377 e. The molecule has 3 nitrogen and oxygen atoms in total. The maximum absolute atomic E-state index is 12.8. The maximum atomic E-state index is 12.8. The van der Waals surface area contributed by atoms with Crippen LogP contribution in [-0.4, -0.2) is 24.1 Å². The lowest BCUT2D eigenvalue weighted by Crippen LogP contribution is -2.11. The van der Waals surface area contributed by atoms with Crippen molar-refractivity contribution in [3.8, 4) is 0 Å². The van der Waals surface area contributed by atoms with Gasteiger partial charge in [-0.1, -0.05) is 29.4 Å². The Morgan fingerprint density at radius 2 is 1.96 bits per heavy atom. The zero-order chi connectivity index (χ0) is 18.2. The quantitative estimate of drug-likeness (QED) is 0.594. The van der Waals surface area contributed by atoms with Gasteiger partial charge < -0.3 is 9.88 Å².